The van der Waals surface area contributed by atoms with Crippen LogP contribution in [0.1, 0.15) is 22.5 Å². The third kappa shape index (κ3) is 3.36. The molecule has 22 heavy (non-hydrogen) atoms. The van der Waals surface area contributed by atoms with E-state index in [0.29, 0.717) is 6.54 Å². The van der Waals surface area contributed by atoms with Crippen molar-refractivity contribution in [1.82, 2.24) is 4.57 Å². The molecule has 0 saturated carbocycles. The summed E-state index contributed by atoms with van der Waals surface area (Å²) in [7, 11) is 4.13. The number of anilines is 1. The summed E-state index contributed by atoms with van der Waals surface area (Å²) in [5.41, 5.74) is 7.38. The summed E-state index contributed by atoms with van der Waals surface area (Å²) in [5, 5.41) is 9.19. The lowest BCUT2D eigenvalue weighted by atomic mass is 10.1. The van der Waals surface area contributed by atoms with Crippen LogP contribution < -0.4 is 26.4 Å². The summed E-state index contributed by atoms with van der Waals surface area (Å²) < 4.78 is 4.34. The van der Waals surface area contributed by atoms with Crippen LogP contribution in [-0.2, 0) is 6.54 Å². The van der Waals surface area contributed by atoms with E-state index in [9.17, 15) is 5.11 Å². The first-order valence-electron chi connectivity index (χ1n) is 7.34. The maximum atomic E-state index is 9.19. The van der Waals surface area contributed by atoms with Crippen LogP contribution in [0, 0.1) is 27.7 Å². The number of aliphatic hydroxyl groups excluding tert-OH is 1. The van der Waals surface area contributed by atoms with Gasteiger partial charge >= 0.3 is 0 Å². The fraction of sp³-hybridized carbons (Fsp3) is 0.471. The zero-order valence-corrected chi connectivity index (χ0v) is 15.9. The molecule has 1 aromatic carbocycles. The molecule has 2 rings (SSSR count). The van der Waals surface area contributed by atoms with Gasteiger partial charge in [-0.05, 0) is 37.1 Å². The Morgan fingerprint density at radius 3 is 2.09 bits per heavy atom. The van der Waals surface area contributed by atoms with Gasteiger partial charge in [0, 0.05) is 33.6 Å². The van der Waals surface area contributed by atoms with Gasteiger partial charge in [-0.25, -0.2) is 4.57 Å². The Morgan fingerprint density at radius 1 is 1.09 bits per heavy atom. The van der Waals surface area contributed by atoms with Crippen LogP contribution in [0.4, 0.5) is 5.69 Å². The minimum absolute atomic E-state index is 0. The van der Waals surface area contributed by atoms with Crippen molar-refractivity contribution in [1.29, 1.82) is 0 Å². The molecule has 0 spiro atoms. The van der Waals surface area contributed by atoms with Crippen molar-refractivity contribution < 1.29 is 26.7 Å². The van der Waals surface area contributed by atoms with E-state index in [4.69, 9.17) is 0 Å². The lowest BCUT2D eigenvalue weighted by molar-refractivity contribution is -0.703. The zero-order chi connectivity index (χ0) is 15.7. The van der Waals surface area contributed by atoms with Crippen molar-refractivity contribution in [3.8, 4) is 5.69 Å². The maximum Gasteiger partial charge on any atom is 0.249 e. The minimum Gasteiger partial charge on any atom is -1.00 e. The van der Waals surface area contributed by atoms with E-state index in [1.165, 1.54) is 33.9 Å². The second kappa shape index (κ2) is 7.29. The number of benzene rings is 1. The first-order chi connectivity index (χ1) is 9.86. The van der Waals surface area contributed by atoms with Crippen LogP contribution in [0.3, 0.4) is 0 Å². The lowest BCUT2D eigenvalue weighted by Gasteiger charge is -2.16. The molecule has 1 aromatic heterocycles. The predicted molar refractivity (Wildman–Crippen MR) is 86.3 cm³/mol. The van der Waals surface area contributed by atoms with Crippen molar-refractivity contribution in [2.75, 3.05) is 25.6 Å². The normalized spacial score (nSPS) is 10.5. The van der Waals surface area contributed by atoms with Crippen LogP contribution in [0.2, 0.25) is 0 Å². The first-order valence-corrected chi connectivity index (χ1v) is 7.34. The molecule has 0 radical (unpaired) electrons. The van der Waals surface area contributed by atoms with Crippen LogP contribution in [-0.4, -0.2) is 30.4 Å². The van der Waals surface area contributed by atoms with E-state index in [1.54, 1.807) is 0 Å². The SMILES string of the molecule is Cc1cc(N(C)C)cc(C)c1-n1c[n+](CCO)c(C)c1C.[Br-]. The van der Waals surface area contributed by atoms with Gasteiger partial charge in [-0.2, -0.15) is 4.57 Å². The van der Waals surface area contributed by atoms with Gasteiger partial charge in [-0.1, -0.05) is 0 Å². The summed E-state index contributed by atoms with van der Waals surface area (Å²) in [5.74, 6) is 0. The molecule has 0 amide bonds. The molecule has 0 fully saturated rings. The number of hydrogen-bond acceptors (Lipinski definition) is 2. The summed E-state index contributed by atoms with van der Waals surface area (Å²) in [4.78, 5) is 2.13. The number of nitrogens with zero attached hydrogens (tertiary/aromatic N) is 3. The van der Waals surface area contributed by atoms with Gasteiger partial charge in [-0.15, -0.1) is 0 Å². The van der Waals surface area contributed by atoms with Gasteiger partial charge in [-0.3, -0.25) is 0 Å². The molecular formula is C17H26BrN3O. The largest absolute Gasteiger partial charge is 1.00 e. The molecule has 2 aromatic rings. The van der Waals surface area contributed by atoms with E-state index in [1.807, 2.05) is 0 Å². The van der Waals surface area contributed by atoms with Gasteiger partial charge in [0.25, 0.3) is 0 Å². The average Bonchev–Trinajstić information content (AvgIpc) is 2.67. The molecule has 0 atom stereocenters. The smallest absolute Gasteiger partial charge is 0.249 e. The summed E-state index contributed by atoms with van der Waals surface area (Å²) in [6.45, 7) is 9.32. The molecule has 122 valence electrons. The monoisotopic (exact) mass is 367 g/mol. The zero-order valence-electron chi connectivity index (χ0n) is 14.3. The van der Waals surface area contributed by atoms with Crippen molar-refractivity contribution >= 4 is 5.69 Å². The highest BCUT2D eigenvalue weighted by Crippen LogP contribution is 2.26. The van der Waals surface area contributed by atoms with Gasteiger partial charge in [0.1, 0.15) is 23.6 Å². The number of halogens is 1. The quantitative estimate of drug-likeness (QED) is 0.707. The highest BCUT2D eigenvalue weighted by Gasteiger charge is 2.21. The molecule has 5 heteroatoms. The van der Waals surface area contributed by atoms with Gasteiger partial charge in [0.15, 0.2) is 0 Å². The number of aliphatic hydroxyl groups is 1. The van der Waals surface area contributed by atoms with Crippen molar-refractivity contribution in [2.45, 2.75) is 34.2 Å². The Bertz CT molecular complexity index is 639. The molecule has 1 heterocycles. The third-order valence-electron chi connectivity index (χ3n) is 4.14. The van der Waals surface area contributed by atoms with Crippen molar-refractivity contribution in [2.24, 2.45) is 0 Å². The minimum atomic E-state index is 0. The Balaban J connectivity index is 0.00000242. The second-order valence-corrected chi connectivity index (χ2v) is 5.90. The van der Waals surface area contributed by atoms with Crippen LogP contribution >= 0.6 is 0 Å². The average molecular weight is 368 g/mol. The van der Waals surface area contributed by atoms with Crippen LogP contribution in [0.5, 0.6) is 0 Å². The number of aryl methyl sites for hydroxylation is 2. The Hall–Kier alpha value is -1.33. The van der Waals surface area contributed by atoms with Gasteiger partial charge < -0.3 is 27.0 Å². The summed E-state index contributed by atoms with van der Waals surface area (Å²) in [6, 6.07) is 4.43. The fourth-order valence-corrected chi connectivity index (χ4v) is 2.82. The molecule has 1 N–H and O–H groups in total. The summed E-state index contributed by atoms with van der Waals surface area (Å²) in [6.07, 6.45) is 2.09. The topological polar surface area (TPSA) is 32.3 Å². The van der Waals surface area contributed by atoms with E-state index in [0.717, 1.165) is 0 Å². The standard InChI is InChI=1S/C17H26N3O.BrH/c1-12-9-16(18(5)6)10-13(2)17(12)20-11-19(7-8-21)14(3)15(20)4;/h9-11,21H,7-8H2,1-6H3;1H/q+1;/p-1. The summed E-state index contributed by atoms with van der Waals surface area (Å²) >= 11 is 0. The van der Waals surface area contributed by atoms with Crippen LogP contribution in [0.25, 0.3) is 5.69 Å². The highest BCUT2D eigenvalue weighted by molar-refractivity contribution is 5.59. The molecule has 4 nitrogen and oxygen atoms in total. The fourth-order valence-electron chi connectivity index (χ4n) is 2.82. The van der Waals surface area contributed by atoms with Crippen molar-refractivity contribution in [3.05, 3.63) is 41.0 Å². The van der Waals surface area contributed by atoms with Crippen molar-refractivity contribution in [3.63, 3.8) is 0 Å². The molecule has 0 unspecified atom stereocenters. The first kappa shape index (κ1) is 18.7. The van der Waals surface area contributed by atoms with Gasteiger partial charge in [0.05, 0.1) is 6.61 Å². The molecule has 0 aliphatic heterocycles. The number of imidazole rings is 1. The number of hydrogen-bond donors (Lipinski definition) is 1. The molecule has 0 aliphatic rings. The Morgan fingerprint density at radius 2 is 1.64 bits per heavy atom. The number of aromatic nitrogens is 2. The number of rotatable bonds is 4. The molecule has 0 bridgehead atoms. The lowest BCUT2D eigenvalue weighted by Crippen LogP contribution is -3.00. The highest BCUT2D eigenvalue weighted by atomic mass is 79.9. The van der Waals surface area contributed by atoms with E-state index in [2.05, 4.69) is 74.3 Å². The third-order valence-corrected chi connectivity index (χ3v) is 4.14. The van der Waals surface area contributed by atoms with Gasteiger partial charge in [0.2, 0.25) is 6.33 Å². The van der Waals surface area contributed by atoms with E-state index < -0.39 is 0 Å². The predicted octanol–water partition coefficient (Wildman–Crippen LogP) is -0.939. The maximum absolute atomic E-state index is 9.19. The van der Waals surface area contributed by atoms with E-state index >= 15 is 0 Å². The Labute approximate surface area is 143 Å². The van der Waals surface area contributed by atoms with Crippen LogP contribution in [0.15, 0.2) is 18.5 Å². The molecule has 0 aliphatic carbocycles. The molecule has 0 saturated heterocycles. The Kier molecular flexibility index (Phi) is 6.20. The molecular weight excluding hydrogens is 342 g/mol. The van der Waals surface area contributed by atoms with E-state index in [-0.39, 0.29) is 23.6 Å². The second-order valence-electron chi connectivity index (χ2n) is 5.90.